The quantitative estimate of drug-likeness (QED) is 0.861. The number of carbonyl (C=O) groups excluding carboxylic acids is 1. The van der Waals surface area contributed by atoms with Gasteiger partial charge in [0, 0.05) is 25.2 Å². The van der Waals surface area contributed by atoms with Crippen molar-refractivity contribution in [3.63, 3.8) is 0 Å². The van der Waals surface area contributed by atoms with Crippen molar-refractivity contribution in [3.8, 4) is 0 Å². The average Bonchev–Trinajstić information content (AvgIpc) is 2.74. The van der Waals surface area contributed by atoms with Crippen molar-refractivity contribution in [1.29, 1.82) is 0 Å². The Morgan fingerprint density at radius 2 is 1.86 bits per heavy atom. The summed E-state index contributed by atoms with van der Waals surface area (Å²) in [6.45, 7) is 3.31. The van der Waals surface area contributed by atoms with E-state index in [0.29, 0.717) is 25.3 Å². The van der Waals surface area contributed by atoms with Crippen LogP contribution in [0.4, 0.5) is 4.39 Å². The molecular formula is C23H27FN2O2. The van der Waals surface area contributed by atoms with Crippen LogP contribution in [0, 0.1) is 5.82 Å². The van der Waals surface area contributed by atoms with Crippen molar-refractivity contribution in [2.45, 2.75) is 31.7 Å². The van der Waals surface area contributed by atoms with E-state index in [1.165, 1.54) is 30.0 Å². The summed E-state index contributed by atoms with van der Waals surface area (Å²) in [6.07, 6.45) is 4.58. The lowest BCUT2D eigenvalue weighted by Gasteiger charge is -2.35. The van der Waals surface area contributed by atoms with Crippen LogP contribution in [-0.4, -0.2) is 43.7 Å². The molecule has 1 amide bonds. The third-order valence-electron chi connectivity index (χ3n) is 5.79. The zero-order valence-corrected chi connectivity index (χ0v) is 16.1. The number of benzene rings is 2. The molecule has 2 aromatic rings. The molecule has 5 heteroatoms. The molecule has 1 aliphatic heterocycles. The number of hydrogen-bond acceptors (Lipinski definition) is 3. The first-order valence-electron chi connectivity index (χ1n) is 10.2. The molecule has 1 fully saturated rings. The minimum Gasteiger partial charge on any atom is -0.379 e. The first-order valence-corrected chi connectivity index (χ1v) is 10.2. The number of amides is 1. The lowest BCUT2D eigenvalue weighted by Crippen LogP contribution is -2.43. The van der Waals surface area contributed by atoms with Crippen molar-refractivity contribution in [1.82, 2.24) is 10.2 Å². The van der Waals surface area contributed by atoms with E-state index in [1.807, 2.05) is 18.2 Å². The topological polar surface area (TPSA) is 41.6 Å². The van der Waals surface area contributed by atoms with Crippen molar-refractivity contribution >= 4 is 5.91 Å². The Kier molecular flexibility index (Phi) is 6.03. The van der Waals surface area contributed by atoms with Crippen LogP contribution in [0.1, 0.15) is 45.9 Å². The number of hydrogen-bond donors (Lipinski definition) is 1. The molecule has 2 aromatic carbocycles. The number of nitrogens with zero attached hydrogens (tertiary/aromatic N) is 1. The van der Waals surface area contributed by atoms with Gasteiger partial charge in [-0.25, -0.2) is 4.39 Å². The molecule has 0 aromatic heterocycles. The number of halogens is 1. The molecule has 1 unspecified atom stereocenters. The first kappa shape index (κ1) is 19.1. The van der Waals surface area contributed by atoms with Crippen LogP contribution in [0.3, 0.4) is 0 Å². The van der Waals surface area contributed by atoms with E-state index >= 15 is 0 Å². The highest BCUT2D eigenvalue weighted by Crippen LogP contribution is 2.24. The van der Waals surface area contributed by atoms with Crippen LogP contribution in [0.2, 0.25) is 0 Å². The Morgan fingerprint density at radius 1 is 1.07 bits per heavy atom. The molecule has 1 aliphatic carbocycles. The Balaban J connectivity index is 1.48. The molecule has 1 atom stereocenters. The van der Waals surface area contributed by atoms with Crippen LogP contribution in [0.5, 0.6) is 0 Å². The van der Waals surface area contributed by atoms with Gasteiger partial charge in [-0.1, -0.05) is 18.2 Å². The van der Waals surface area contributed by atoms with E-state index in [1.54, 1.807) is 12.1 Å². The average molecular weight is 382 g/mol. The Bertz CT molecular complexity index is 833. The van der Waals surface area contributed by atoms with Gasteiger partial charge in [0.1, 0.15) is 5.82 Å². The molecule has 4 nitrogen and oxygen atoms in total. The fourth-order valence-corrected chi connectivity index (χ4v) is 4.23. The molecular weight excluding hydrogens is 355 g/mol. The lowest BCUT2D eigenvalue weighted by molar-refractivity contribution is 0.0162. The van der Waals surface area contributed by atoms with Gasteiger partial charge in [0.15, 0.2) is 0 Å². The Morgan fingerprint density at radius 3 is 2.64 bits per heavy atom. The molecule has 1 saturated heterocycles. The zero-order valence-electron chi connectivity index (χ0n) is 16.1. The van der Waals surface area contributed by atoms with E-state index in [9.17, 15) is 9.18 Å². The monoisotopic (exact) mass is 382 g/mol. The van der Waals surface area contributed by atoms with Gasteiger partial charge < -0.3 is 10.1 Å². The van der Waals surface area contributed by atoms with Gasteiger partial charge in [-0.15, -0.1) is 0 Å². The highest BCUT2D eigenvalue weighted by atomic mass is 19.1. The summed E-state index contributed by atoms with van der Waals surface area (Å²) < 4.78 is 19.2. The second-order valence-corrected chi connectivity index (χ2v) is 7.62. The smallest absolute Gasteiger partial charge is 0.251 e. The Hall–Kier alpha value is -2.24. The van der Waals surface area contributed by atoms with Crippen molar-refractivity contribution in [2.75, 3.05) is 32.8 Å². The highest BCUT2D eigenvalue weighted by Gasteiger charge is 2.24. The van der Waals surface area contributed by atoms with Crippen LogP contribution in [0.25, 0.3) is 0 Å². The summed E-state index contributed by atoms with van der Waals surface area (Å²) in [5.74, 6) is -0.320. The largest absolute Gasteiger partial charge is 0.379 e. The van der Waals surface area contributed by atoms with Crippen LogP contribution in [0.15, 0.2) is 42.5 Å². The van der Waals surface area contributed by atoms with E-state index in [2.05, 4.69) is 16.3 Å². The van der Waals surface area contributed by atoms with Gasteiger partial charge in [-0.2, -0.15) is 0 Å². The molecule has 1 N–H and O–H groups in total. The van der Waals surface area contributed by atoms with Crippen LogP contribution >= 0.6 is 0 Å². The number of morpholine rings is 1. The maximum Gasteiger partial charge on any atom is 0.251 e. The maximum absolute atomic E-state index is 13.8. The van der Waals surface area contributed by atoms with Gasteiger partial charge in [0.05, 0.1) is 19.3 Å². The van der Waals surface area contributed by atoms with Crippen molar-refractivity contribution in [3.05, 3.63) is 70.5 Å². The molecule has 4 rings (SSSR count). The summed E-state index contributed by atoms with van der Waals surface area (Å²) in [5.41, 5.74) is 4.26. The van der Waals surface area contributed by atoms with E-state index < -0.39 is 0 Å². The molecule has 28 heavy (non-hydrogen) atoms. The lowest BCUT2D eigenvalue weighted by atomic mass is 9.90. The molecule has 0 saturated carbocycles. The van der Waals surface area contributed by atoms with E-state index in [0.717, 1.165) is 31.5 Å². The minimum absolute atomic E-state index is 0.0666. The highest BCUT2D eigenvalue weighted by molar-refractivity contribution is 5.94. The molecule has 148 valence electrons. The van der Waals surface area contributed by atoms with Gasteiger partial charge in [0.25, 0.3) is 5.91 Å². The third kappa shape index (κ3) is 4.42. The van der Waals surface area contributed by atoms with Crippen LogP contribution < -0.4 is 5.32 Å². The second kappa shape index (κ2) is 8.84. The molecule has 2 aliphatic rings. The summed E-state index contributed by atoms with van der Waals surface area (Å²) in [4.78, 5) is 15.0. The standard InChI is InChI=1S/C23H27FN2O2/c24-21-7-3-6-19(15-21)22(26-10-12-28-13-11-26)16-25-23(27)20-9-8-17-4-1-2-5-18(17)14-20/h3,6-9,14-15,22H,1-2,4-5,10-13,16H2,(H,25,27). The molecule has 0 radical (unpaired) electrons. The maximum atomic E-state index is 13.8. The predicted molar refractivity (Wildman–Crippen MR) is 107 cm³/mol. The van der Waals surface area contributed by atoms with Crippen molar-refractivity contribution in [2.24, 2.45) is 0 Å². The number of fused-ring (bicyclic) bond motifs is 1. The first-order chi connectivity index (χ1) is 13.7. The SMILES string of the molecule is O=C(NCC(c1cccc(F)c1)N1CCOCC1)c1ccc2c(c1)CCCC2. The van der Waals surface area contributed by atoms with E-state index in [4.69, 9.17) is 4.74 Å². The normalized spacial score (nSPS) is 18.3. The summed E-state index contributed by atoms with van der Waals surface area (Å²) in [5, 5.41) is 3.08. The Labute approximate surface area is 165 Å². The number of carbonyl (C=O) groups is 1. The fraction of sp³-hybridized carbons (Fsp3) is 0.435. The zero-order chi connectivity index (χ0) is 19.3. The van der Waals surface area contributed by atoms with Gasteiger partial charge in [-0.3, -0.25) is 9.69 Å². The molecule has 0 spiro atoms. The minimum atomic E-state index is -0.253. The van der Waals surface area contributed by atoms with Crippen LogP contribution in [-0.2, 0) is 17.6 Å². The predicted octanol–water partition coefficient (Wildman–Crippen LogP) is 3.51. The second-order valence-electron chi connectivity index (χ2n) is 7.62. The summed E-state index contributed by atoms with van der Waals surface area (Å²) in [6, 6.07) is 12.6. The number of ether oxygens (including phenoxy) is 1. The van der Waals surface area contributed by atoms with Gasteiger partial charge in [-0.05, 0) is 66.6 Å². The fourth-order valence-electron chi connectivity index (χ4n) is 4.23. The van der Waals surface area contributed by atoms with Gasteiger partial charge in [0.2, 0.25) is 0 Å². The van der Waals surface area contributed by atoms with E-state index in [-0.39, 0.29) is 17.8 Å². The summed E-state index contributed by atoms with van der Waals surface area (Å²) in [7, 11) is 0. The molecule has 0 bridgehead atoms. The summed E-state index contributed by atoms with van der Waals surface area (Å²) >= 11 is 0. The third-order valence-corrected chi connectivity index (χ3v) is 5.79. The number of nitrogens with one attached hydrogen (secondary N) is 1. The van der Waals surface area contributed by atoms with Crippen molar-refractivity contribution < 1.29 is 13.9 Å². The van der Waals surface area contributed by atoms with Gasteiger partial charge >= 0.3 is 0 Å². The number of rotatable bonds is 5. The molecule has 1 heterocycles. The number of aryl methyl sites for hydroxylation is 2.